The maximum absolute atomic E-state index is 13.1. The molecule has 1 rings (SSSR count). The highest BCUT2D eigenvalue weighted by atomic mass is 35.5. The second kappa shape index (κ2) is 15.8. The van der Waals surface area contributed by atoms with Crippen LogP contribution in [0.5, 0.6) is 0 Å². The number of hydrogen-bond acceptors (Lipinski definition) is 6. The Bertz CT molecular complexity index is 896. The number of amides is 2. The van der Waals surface area contributed by atoms with Crippen LogP contribution in [0.15, 0.2) is 52.7 Å². The van der Waals surface area contributed by atoms with Crippen molar-refractivity contribution >= 4 is 36.0 Å². The van der Waals surface area contributed by atoms with Crippen molar-refractivity contribution in [2.24, 2.45) is 5.10 Å². The molecule has 1 aromatic rings. The van der Waals surface area contributed by atoms with Crippen LogP contribution in [0, 0.1) is 5.41 Å². The molecule has 0 aliphatic rings. The number of halogens is 1. The molecular formula is C25H36ClN5O3. The van der Waals surface area contributed by atoms with Crippen molar-refractivity contribution in [2.45, 2.75) is 40.5 Å². The summed E-state index contributed by atoms with van der Waals surface area (Å²) in [4.78, 5) is 26.5. The van der Waals surface area contributed by atoms with Gasteiger partial charge in [0.2, 0.25) is 0 Å². The van der Waals surface area contributed by atoms with E-state index in [1.54, 1.807) is 31.2 Å². The smallest absolute Gasteiger partial charge is 0.342 e. The molecule has 0 spiro atoms. The highest BCUT2D eigenvalue weighted by Gasteiger charge is 2.23. The molecule has 0 aromatic heterocycles. The van der Waals surface area contributed by atoms with E-state index in [1.165, 1.54) is 15.5 Å². The molecule has 8 nitrogen and oxygen atoms in total. The maximum atomic E-state index is 13.1. The Labute approximate surface area is 207 Å². The van der Waals surface area contributed by atoms with Gasteiger partial charge in [0.05, 0.1) is 19.8 Å². The fraction of sp³-hybridized carbons (Fsp3) is 0.440. The summed E-state index contributed by atoms with van der Waals surface area (Å²) in [6.07, 6.45) is 5.34. The zero-order valence-electron chi connectivity index (χ0n) is 20.6. The van der Waals surface area contributed by atoms with Crippen molar-refractivity contribution in [3.63, 3.8) is 0 Å². The summed E-state index contributed by atoms with van der Waals surface area (Å²) in [5.41, 5.74) is 3.37. The van der Waals surface area contributed by atoms with Crippen LogP contribution in [-0.4, -0.2) is 67.2 Å². The lowest BCUT2D eigenvalue weighted by molar-refractivity contribution is -0.143. The number of allylic oxidation sites excluding steroid dienone is 3. The molecule has 186 valence electrons. The Morgan fingerprint density at radius 2 is 1.79 bits per heavy atom. The summed E-state index contributed by atoms with van der Waals surface area (Å²) in [5, 5.41) is 17.0. The molecule has 0 aliphatic heterocycles. The number of urea groups is 1. The molecule has 0 aliphatic carbocycles. The number of hydrazone groups is 1. The SMILES string of the molecule is C=NN(C/C(C)=C/C=C(\C)CC)C(=O)N(CNCCC(=N)c1ccc(Cl)cc1)CC(=O)OCC. The van der Waals surface area contributed by atoms with E-state index in [0.717, 1.165) is 17.6 Å². The lowest BCUT2D eigenvalue weighted by Gasteiger charge is -2.27. The standard InChI is InChI=1S/C25H36ClN5O3/c1-6-19(3)8-9-20(4)16-31(28-5)25(33)30(17-24(32)34-7-2)18-29-15-14-23(27)21-10-12-22(26)13-11-21/h8-13,27,29H,5-7,14-18H2,1-4H3/b19-8+,20-9+,27-23?. The van der Waals surface area contributed by atoms with Gasteiger partial charge in [-0.05, 0) is 44.9 Å². The van der Waals surface area contributed by atoms with Crippen LogP contribution in [-0.2, 0) is 9.53 Å². The minimum absolute atomic E-state index is 0.0924. The number of carbonyl (C=O) groups excluding carboxylic acids is 2. The van der Waals surface area contributed by atoms with Gasteiger partial charge < -0.3 is 10.1 Å². The number of esters is 1. The van der Waals surface area contributed by atoms with Gasteiger partial charge in [-0.25, -0.2) is 9.80 Å². The molecule has 0 fully saturated rings. The average molecular weight is 490 g/mol. The Kier molecular flexibility index (Phi) is 13.5. The first-order valence-corrected chi connectivity index (χ1v) is 11.6. The maximum Gasteiger partial charge on any atom is 0.342 e. The van der Waals surface area contributed by atoms with Gasteiger partial charge in [-0.15, -0.1) is 0 Å². The van der Waals surface area contributed by atoms with Crippen LogP contribution in [0.2, 0.25) is 5.02 Å². The molecule has 0 saturated carbocycles. The van der Waals surface area contributed by atoms with E-state index < -0.39 is 12.0 Å². The number of hydrogen-bond donors (Lipinski definition) is 2. The quantitative estimate of drug-likeness (QED) is 0.0974. The van der Waals surface area contributed by atoms with E-state index in [-0.39, 0.29) is 26.4 Å². The second-order valence-corrected chi connectivity index (χ2v) is 8.19. The van der Waals surface area contributed by atoms with E-state index in [2.05, 4.69) is 24.1 Å². The van der Waals surface area contributed by atoms with E-state index in [1.807, 2.05) is 26.0 Å². The van der Waals surface area contributed by atoms with Crippen LogP contribution < -0.4 is 5.32 Å². The Balaban J connectivity index is 2.78. The van der Waals surface area contributed by atoms with E-state index in [9.17, 15) is 9.59 Å². The third-order valence-corrected chi connectivity index (χ3v) is 5.20. The topological polar surface area (TPSA) is 98.1 Å². The fourth-order valence-corrected chi connectivity index (χ4v) is 2.94. The molecular weight excluding hydrogens is 454 g/mol. The van der Waals surface area contributed by atoms with Crippen molar-refractivity contribution in [1.82, 2.24) is 15.2 Å². The molecule has 0 radical (unpaired) electrons. The van der Waals surface area contributed by atoms with Gasteiger partial charge in [-0.2, -0.15) is 5.10 Å². The van der Waals surface area contributed by atoms with Crippen LogP contribution in [0.25, 0.3) is 0 Å². The first kappa shape index (κ1) is 29.1. The first-order valence-electron chi connectivity index (χ1n) is 11.3. The van der Waals surface area contributed by atoms with Gasteiger partial charge in [0.1, 0.15) is 6.54 Å². The third kappa shape index (κ3) is 10.8. The van der Waals surface area contributed by atoms with E-state index in [4.69, 9.17) is 21.7 Å². The molecule has 0 saturated heterocycles. The Morgan fingerprint density at radius 3 is 2.38 bits per heavy atom. The molecule has 0 heterocycles. The molecule has 2 amide bonds. The molecule has 1 aromatic carbocycles. The lowest BCUT2D eigenvalue weighted by atomic mass is 10.1. The summed E-state index contributed by atoms with van der Waals surface area (Å²) >= 11 is 5.90. The zero-order chi connectivity index (χ0) is 25.5. The number of carbonyl (C=O) groups is 2. The van der Waals surface area contributed by atoms with Crippen LogP contribution in [0.3, 0.4) is 0 Å². The van der Waals surface area contributed by atoms with Crippen LogP contribution in [0.4, 0.5) is 4.79 Å². The predicted octanol–water partition coefficient (Wildman–Crippen LogP) is 4.85. The minimum Gasteiger partial charge on any atom is -0.465 e. The fourth-order valence-electron chi connectivity index (χ4n) is 2.81. The summed E-state index contributed by atoms with van der Waals surface area (Å²) in [7, 11) is 0. The highest BCUT2D eigenvalue weighted by Crippen LogP contribution is 2.11. The number of ether oxygens (including phenoxy) is 1. The summed E-state index contributed by atoms with van der Waals surface area (Å²) in [6, 6.07) is 6.60. The first-order chi connectivity index (χ1) is 16.2. The van der Waals surface area contributed by atoms with Gasteiger partial charge in [0.25, 0.3) is 0 Å². The van der Waals surface area contributed by atoms with Crippen molar-refractivity contribution < 1.29 is 14.3 Å². The highest BCUT2D eigenvalue weighted by molar-refractivity contribution is 6.30. The number of nitrogens with one attached hydrogen (secondary N) is 2. The molecule has 0 bridgehead atoms. The monoisotopic (exact) mass is 489 g/mol. The molecule has 34 heavy (non-hydrogen) atoms. The predicted molar refractivity (Wildman–Crippen MR) is 139 cm³/mol. The minimum atomic E-state index is -0.510. The number of rotatable bonds is 14. The van der Waals surface area contributed by atoms with Crippen molar-refractivity contribution in [3.05, 3.63) is 58.1 Å². The van der Waals surface area contributed by atoms with Gasteiger partial charge in [-0.1, -0.05) is 54.0 Å². The Hall–Kier alpha value is -2.97. The van der Waals surface area contributed by atoms with Gasteiger partial charge in [-0.3, -0.25) is 15.0 Å². The summed E-state index contributed by atoms with van der Waals surface area (Å²) < 4.78 is 5.02. The van der Waals surface area contributed by atoms with Crippen molar-refractivity contribution in [2.75, 3.05) is 32.9 Å². The van der Waals surface area contributed by atoms with Gasteiger partial charge in [0.15, 0.2) is 0 Å². The van der Waals surface area contributed by atoms with E-state index >= 15 is 0 Å². The molecule has 2 N–H and O–H groups in total. The average Bonchev–Trinajstić information content (AvgIpc) is 2.82. The van der Waals surface area contributed by atoms with Crippen LogP contribution in [0.1, 0.15) is 46.1 Å². The Morgan fingerprint density at radius 1 is 1.15 bits per heavy atom. The van der Waals surface area contributed by atoms with Gasteiger partial charge in [0, 0.05) is 30.4 Å². The second-order valence-electron chi connectivity index (χ2n) is 7.76. The zero-order valence-corrected chi connectivity index (χ0v) is 21.3. The summed E-state index contributed by atoms with van der Waals surface area (Å²) in [6.45, 7) is 12.0. The van der Waals surface area contributed by atoms with Crippen molar-refractivity contribution in [1.29, 1.82) is 5.41 Å². The van der Waals surface area contributed by atoms with Gasteiger partial charge >= 0.3 is 12.0 Å². The number of nitrogens with zero attached hydrogens (tertiary/aromatic N) is 3. The van der Waals surface area contributed by atoms with Crippen LogP contribution >= 0.6 is 11.6 Å². The lowest BCUT2D eigenvalue weighted by Crippen LogP contribution is -2.48. The molecule has 9 heteroatoms. The molecule has 0 atom stereocenters. The molecule has 0 unspecified atom stereocenters. The van der Waals surface area contributed by atoms with Crippen molar-refractivity contribution in [3.8, 4) is 0 Å². The summed E-state index contributed by atoms with van der Waals surface area (Å²) in [5.74, 6) is -0.510. The number of benzene rings is 1. The third-order valence-electron chi connectivity index (χ3n) is 4.94. The van der Waals surface area contributed by atoms with E-state index in [0.29, 0.717) is 23.7 Å². The largest absolute Gasteiger partial charge is 0.465 e. The normalized spacial score (nSPS) is 11.7.